The van der Waals surface area contributed by atoms with Crippen molar-refractivity contribution in [2.24, 2.45) is 5.92 Å². The summed E-state index contributed by atoms with van der Waals surface area (Å²) in [6.07, 6.45) is 0.739. The summed E-state index contributed by atoms with van der Waals surface area (Å²) in [6.45, 7) is 5.42. The first-order valence-corrected chi connectivity index (χ1v) is 6.61. The highest BCUT2D eigenvalue weighted by Gasteiger charge is 2.08. The number of anilines is 2. The minimum atomic E-state index is -0.103. The van der Waals surface area contributed by atoms with Crippen LogP contribution in [0.3, 0.4) is 0 Å². The number of hydrogen-bond acceptors (Lipinski definition) is 4. The number of carbonyl (C=O) groups is 1. The van der Waals surface area contributed by atoms with Crippen molar-refractivity contribution in [2.45, 2.75) is 20.3 Å². The fraction of sp³-hybridized carbons (Fsp3) is 0.500. The number of rotatable bonds is 7. The Morgan fingerprint density at radius 1 is 1.47 bits per heavy atom. The van der Waals surface area contributed by atoms with Crippen molar-refractivity contribution in [3.05, 3.63) is 23.8 Å². The van der Waals surface area contributed by atoms with Gasteiger partial charge in [-0.2, -0.15) is 0 Å². The number of nitrogens with two attached hydrogens (primary N) is 1. The van der Waals surface area contributed by atoms with Crippen molar-refractivity contribution in [1.29, 1.82) is 0 Å². The number of amides is 1. The van der Waals surface area contributed by atoms with Gasteiger partial charge in [-0.1, -0.05) is 6.92 Å². The molecule has 0 saturated carbocycles. The highest BCUT2D eigenvalue weighted by molar-refractivity contribution is 5.96. The van der Waals surface area contributed by atoms with Crippen LogP contribution < -0.4 is 16.4 Å². The van der Waals surface area contributed by atoms with Gasteiger partial charge in [0.25, 0.3) is 5.91 Å². The zero-order chi connectivity index (χ0) is 14.3. The molecule has 0 bridgehead atoms. The van der Waals surface area contributed by atoms with Crippen LogP contribution >= 0.6 is 0 Å². The number of nitrogens with one attached hydrogen (secondary N) is 2. The van der Waals surface area contributed by atoms with Gasteiger partial charge in [-0.25, -0.2) is 0 Å². The van der Waals surface area contributed by atoms with Crippen LogP contribution in [-0.4, -0.2) is 30.7 Å². The lowest BCUT2D eigenvalue weighted by Gasteiger charge is -2.15. The first-order chi connectivity index (χ1) is 9.08. The number of hydrogen-bond donors (Lipinski definition) is 4. The lowest BCUT2D eigenvalue weighted by Crippen LogP contribution is -2.23. The summed E-state index contributed by atoms with van der Waals surface area (Å²) in [5, 5.41) is 14.8. The van der Waals surface area contributed by atoms with Crippen LogP contribution in [0.25, 0.3) is 0 Å². The monoisotopic (exact) mass is 265 g/mol. The highest BCUT2D eigenvalue weighted by atomic mass is 16.3. The first-order valence-electron chi connectivity index (χ1n) is 6.61. The van der Waals surface area contributed by atoms with Crippen molar-refractivity contribution in [2.75, 3.05) is 30.7 Å². The molecule has 0 aromatic heterocycles. The highest BCUT2D eigenvalue weighted by Crippen LogP contribution is 2.20. The number of aliphatic hydroxyl groups is 1. The second-order valence-electron chi connectivity index (χ2n) is 4.66. The van der Waals surface area contributed by atoms with Crippen LogP contribution in [0.15, 0.2) is 18.2 Å². The Morgan fingerprint density at radius 3 is 2.84 bits per heavy atom. The smallest absolute Gasteiger partial charge is 0.251 e. The van der Waals surface area contributed by atoms with E-state index in [2.05, 4.69) is 10.6 Å². The number of nitrogen functional groups attached to an aromatic ring is 1. The maximum atomic E-state index is 11.7. The molecular formula is C14H23N3O2. The quantitative estimate of drug-likeness (QED) is 0.562. The molecule has 0 saturated heterocycles. The normalized spacial score (nSPS) is 11.9. The lowest BCUT2D eigenvalue weighted by molar-refractivity contribution is 0.0956. The Labute approximate surface area is 114 Å². The molecule has 0 aliphatic rings. The fourth-order valence-electron chi connectivity index (χ4n) is 1.72. The predicted octanol–water partition coefficient (Wildman–Crippen LogP) is 1.45. The van der Waals surface area contributed by atoms with Crippen LogP contribution in [0.5, 0.6) is 0 Å². The number of benzene rings is 1. The fourth-order valence-corrected chi connectivity index (χ4v) is 1.72. The van der Waals surface area contributed by atoms with Gasteiger partial charge >= 0.3 is 0 Å². The SMILES string of the molecule is CCNC(=O)c1ccc(N)c(NCC(C)CCO)c1. The van der Waals surface area contributed by atoms with Gasteiger partial charge in [0.1, 0.15) is 0 Å². The van der Waals surface area contributed by atoms with E-state index in [1.165, 1.54) is 0 Å². The van der Waals surface area contributed by atoms with Gasteiger partial charge in [0.05, 0.1) is 11.4 Å². The van der Waals surface area contributed by atoms with Gasteiger partial charge in [-0.05, 0) is 37.5 Å². The van der Waals surface area contributed by atoms with E-state index >= 15 is 0 Å². The molecule has 1 aromatic carbocycles. The molecule has 1 atom stereocenters. The largest absolute Gasteiger partial charge is 0.397 e. The standard InChI is InChI=1S/C14H23N3O2/c1-3-16-14(19)11-4-5-12(15)13(8-11)17-9-10(2)6-7-18/h4-5,8,10,17-18H,3,6-7,9,15H2,1-2H3,(H,16,19). The van der Waals surface area contributed by atoms with Gasteiger partial charge in [0.2, 0.25) is 0 Å². The summed E-state index contributed by atoms with van der Waals surface area (Å²) in [4.78, 5) is 11.7. The molecule has 0 heterocycles. The van der Waals surface area contributed by atoms with Gasteiger partial charge in [0.15, 0.2) is 0 Å². The molecule has 5 nitrogen and oxygen atoms in total. The maximum absolute atomic E-state index is 11.7. The second kappa shape index (κ2) is 7.63. The zero-order valence-corrected chi connectivity index (χ0v) is 11.6. The average Bonchev–Trinajstić information content (AvgIpc) is 2.38. The summed E-state index contributed by atoms with van der Waals surface area (Å²) >= 11 is 0. The van der Waals surface area contributed by atoms with E-state index in [4.69, 9.17) is 10.8 Å². The second-order valence-corrected chi connectivity index (χ2v) is 4.66. The van der Waals surface area contributed by atoms with Crippen LogP contribution in [0.1, 0.15) is 30.6 Å². The zero-order valence-electron chi connectivity index (χ0n) is 11.6. The third-order valence-electron chi connectivity index (χ3n) is 2.92. The Morgan fingerprint density at radius 2 is 2.21 bits per heavy atom. The predicted molar refractivity (Wildman–Crippen MR) is 78.2 cm³/mol. The summed E-state index contributed by atoms with van der Waals surface area (Å²) in [7, 11) is 0. The van der Waals surface area contributed by atoms with Gasteiger partial charge < -0.3 is 21.5 Å². The third kappa shape index (κ3) is 4.79. The Kier molecular flexibility index (Phi) is 6.15. The van der Waals surface area contributed by atoms with E-state index in [-0.39, 0.29) is 12.5 Å². The molecule has 1 unspecified atom stereocenters. The molecular weight excluding hydrogens is 242 g/mol. The molecule has 106 valence electrons. The minimum Gasteiger partial charge on any atom is -0.397 e. The molecule has 19 heavy (non-hydrogen) atoms. The molecule has 1 aromatic rings. The summed E-state index contributed by atoms with van der Waals surface area (Å²) in [6, 6.07) is 5.19. The van der Waals surface area contributed by atoms with Crippen LogP contribution in [0.2, 0.25) is 0 Å². The number of carbonyl (C=O) groups excluding carboxylic acids is 1. The molecule has 0 aliphatic carbocycles. The van der Waals surface area contributed by atoms with Gasteiger partial charge in [-0.15, -0.1) is 0 Å². The van der Waals surface area contributed by atoms with Crippen LogP contribution in [0.4, 0.5) is 11.4 Å². The maximum Gasteiger partial charge on any atom is 0.251 e. The summed E-state index contributed by atoms with van der Waals surface area (Å²) in [5.74, 6) is 0.242. The van der Waals surface area contributed by atoms with Gasteiger partial charge in [-0.3, -0.25) is 4.79 Å². The van der Waals surface area contributed by atoms with E-state index in [1.807, 2.05) is 13.8 Å². The van der Waals surface area contributed by atoms with E-state index in [1.54, 1.807) is 18.2 Å². The minimum absolute atomic E-state index is 0.103. The number of aliphatic hydroxyl groups excluding tert-OH is 1. The van der Waals surface area contributed by atoms with Crippen molar-refractivity contribution in [1.82, 2.24) is 5.32 Å². The summed E-state index contributed by atoms with van der Waals surface area (Å²) < 4.78 is 0. The van der Waals surface area contributed by atoms with E-state index in [9.17, 15) is 4.79 Å². The van der Waals surface area contributed by atoms with Gasteiger partial charge in [0, 0.05) is 25.3 Å². The Bertz CT molecular complexity index is 421. The van der Waals surface area contributed by atoms with E-state index in [0.29, 0.717) is 30.3 Å². The molecule has 0 aliphatic heterocycles. The molecule has 5 N–H and O–H groups in total. The molecule has 0 fully saturated rings. The van der Waals surface area contributed by atoms with Crippen molar-refractivity contribution < 1.29 is 9.90 Å². The molecule has 5 heteroatoms. The van der Waals surface area contributed by atoms with Crippen molar-refractivity contribution in [3.8, 4) is 0 Å². The van der Waals surface area contributed by atoms with E-state index < -0.39 is 0 Å². The van der Waals surface area contributed by atoms with Crippen LogP contribution in [0, 0.1) is 5.92 Å². The first kappa shape index (κ1) is 15.3. The topological polar surface area (TPSA) is 87.4 Å². The molecule has 0 spiro atoms. The summed E-state index contributed by atoms with van der Waals surface area (Å²) in [5.41, 5.74) is 7.84. The Balaban J connectivity index is 2.71. The third-order valence-corrected chi connectivity index (χ3v) is 2.92. The van der Waals surface area contributed by atoms with Crippen LogP contribution in [-0.2, 0) is 0 Å². The van der Waals surface area contributed by atoms with E-state index in [0.717, 1.165) is 12.1 Å². The molecule has 0 radical (unpaired) electrons. The molecule has 1 amide bonds. The van der Waals surface area contributed by atoms with Crippen molar-refractivity contribution >= 4 is 17.3 Å². The lowest BCUT2D eigenvalue weighted by atomic mass is 10.1. The molecule has 1 rings (SSSR count). The average molecular weight is 265 g/mol. The Hall–Kier alpha value is -1.75. The van der Waals surface area contributed by atoms with Crippen molar-refractivity contribution in [3.63, 3.8) is 0 Å².